The van der Waals surface area contributed by atoms with E-state index < -0.39 is 10.0 Å². The molecule has 0 saturated heterocycles. The lowest BCUT2D eigenvalue weighted by molar-refractivity contribution is 0.590. The molecule has 0 atom stereocenters. The Morgan fingerprint density at radius 2 is 1.73 bits per heavy atom. The van der Waals surface area contributed by atoms with E-state index in [2.05, 4.69) is 25.5 Å². The number of anilines is 1. The zero-order chi connectivity index (χ0) is 16.5. The summed E-state index contributed by atoms with van der Waals surface area (Å²) in [5, 5.41) is 0.392. The Morgan fingerprint density at radius 3 is 2.27 bits per heavy atom. The molecule has 0 heterocycles. The molecule has 0 spiro atoms. The van der Waals surface area contributed by atoms with Gasteiger partial charge < -0.3 is 0 Å². The highest BCUT2D eigenvalue weighted by atomic mass is 35.5. The maximum Gasteiger partial charge on any atom is 0.261 e. The Morgan fingerprint density at radius 1 is 1.05 bits per heavy atom. The molecule has 0 aliphatic rings. The molecule has 0 aromatic heterocycles. The van der Waals surface area contributed by atoms with E-state index in [1.54, 1.807) is 30.3 Å². The van der Waals surface area contributed by atoms with Crippen molar-refractivity contribution in [3.8, 4) is 0 Å². The molecule has 5 heteroatoms. The lowest BCUT2D eigenvalue weighted by Crippen LogP contribution is -2.15. The summed E-state index contributed by atoms with van der Waals surface area (Å²) < 4.78 is 27.4. The zero-order valence-corrected chi connectivity index (χ0v) is 14.7. The van der Waals surface area contributed by atoms with Crippen LogP contribution < -0.4 is 4.72 Å². The van der Waals surface area contributed by atoms with E-state index in [0.717, 1.165) is 11.1 Å². The van der Waals surface area contributed by atoms with Crippen LogP contribution >= 0.6 is 11.6 Å². The number of benzene rings is 2. The number of hydrogen-bond donors (Lipinski definition) is 1. The minimum atomic E-state index is -3.64. The molecule has 0 unspecified atom stereocenters. The number of hydrogen-bond acceptors (Lipinski definition) is 2. The molecule has 0 fully saturated rings. The van der Waals surface area contributed by atoms with E-state index in [4.69, 9.17) is 11.6 Å². The Hall–Kier alpha value is -1.52. The predicted molar refractivity (Wildman–Crippen MR) is 92.1 cm³/mol. The maximum atomic E-state index is 12.4. The van der Waals surface area contributed by atoms with Crippen LogP contribution in [-0.2, 0) is 15.4 Å². The average Bonchev–Trinajstić information content (AvgIpc) is 2.40. The van der Waals surface area contributed by atoms with Gasteiger partial charge in [-0.05, 0) is 47.7 Å². The molecular formula is C17H20ClNO2S. The second-order valence-corrected chi connectivity index (χ2v) is 8.46. The second kappa shape index (κ2) is 5.94. The highest BCUT2D eigenvalue weighted by molar-refractivity contribution is 7.92. The molecule has 0 radical (unpaired) electrons. The van der Waals surface area contributed by atoms with Crippen molar-refractivity contribution in [3.05, 3.63) is 58.6 Å². The molecule has 0 aliphatic heterocycles. The van der Waals surface area contributed by atoms with E-state index in [0.29, 0.717) is 10.7 Å². The fourth-order valence-corrected chi connectivity index (χ4v) is 3.52. The van der Waals surface area contributed by atoms with Gasteiger partial charge in [0, 0.05) is 0 Å². The monoisotopic (exact) mass is 337 g/mol. The third kappa shape index (κ3) is 3.81. The number of aryl methyl sites for hydroxylation is 1. The molecular weight excluding hydrogens is 318 g/mol. The minimum absolute atomic E-state index is 0.0441. The Labute approximate surface area is 137 Å². The first-order valence-corrected chi connectivity index (χ1v) is 8.85. The van der Waals surface area contributed by atoms with Crippen molar-refractivity contribution in [1.82, 2.24) is 0 Å². The predicted octanol–water partition coefficient (Wildman–Crippen LogP) is 4.75. The van der Waals surface area contributed by atoms with Gasteiger partial charge in [0.25, 0.3) is 10.0 Å². The summed E-state index contributed by atoms with van der Waals surface area (Å²) in [4.78, 5) is 0.225. The molecule has 3 nitrogen and oxygen atoms in total. The quantitative estimate of drug-likeness (QED) is 0.878. The van der Waals surface area contributed by atoms with Crippen LogP contribution in [0, 0.1) is 6.92 Å². The van der Waals surface area contributed by atoms with Gasteiger partial charge in [0.05, 0.1) is 15.6 Å². The first-order chi connectivity index (χ1) is 10.1. The fourth-order valence-electron chi connectivity index (χ4n) is 2.05. The van der Waals surface area contributed by atoms with Gasteiger partial charge in [-0.15, -0.1) is 0 Å². The largest absolute Gasteiger partial charge is 0.278 e. The van der Waals surface area contributed by atoms with Crippen molar-refractivity contribution in [2.75, 3.05) is 4.72 Å². The van der Waals surface area contributed by atoms with Crippen LogP contribution in [-0.4, -0.2) is 8.42 Å². The molecule has 0 aliphatic carbocycles. The summed E-state index contributed by atoms with van der Waals surface area (Å²) >= 11 is 6.23. The van der Waals surface area contributed by atoms with Crippen molar-refractivity contribution >= 4 is 27.3 Å². The van der Waals surface area contributed by atoms with Crippen molar-refractivity contribution in [1.29, 1.82) is 0 Å². The molecule has 0 saturated carbocycles. The molecule has 2 aromatic rings. The lowest BCUT2D eigenvalue weighted by Gasteiger charge is -2.20. The molecule has 1 N–H and O–H groups in total. The Bertz CT molecular complexity index is 793. The van der Waals surface area contributed by atoms with E-state index in [1.165, 1.54) is 0 Å². The van der Waals surface area contributed by atoms with Gasteiger partial charge in [-0.2, -0.15) is 0 Å². The summed E-state index contributed by atoms with van der Waals surface area (Å²) in [6, 6.07) is 12.1. The van der Waals surface area contributed by atoms with Crippen LogP contribution in [0.25, 0.3) is 0 Å². The summed E-state index contributed by atoms with van der Waals surface area (Å²) in [7, 11) is -3.64. The number of nitrogens with one attached hydrogen (secondary N) is 1. The van der Waals surface area contributed by atoms with Crippen LogP contribution in [0.2, 0.25) is 5.02 Å². The lowest BCUT2D eigenvalue weighted by atomic mass is 9.87. The second-order valence-electron chi connectivity index (χ2n) is 6.37. The van der Waals surface area contributed by atoms with E-state index in [1.807, 2.05) is 19.1 Å². The van der Waals surface area contributed by atoms with Gasteiger partial charge in [0.15, 0.2) is 0 Å². The first-order valence-electron chi connectivity index (χ1n) is 6.99. The van der Waals surface area contributed by atoms with Crippen molar-refractivity contribution in [3.63, 3.8) is 0 Å². The van der Waals surface area contributed by atoms with Gasteiger partial charge in [-0.1, -0.05) is 50.6 Å². The first kappa shape index (κ1) is 16.8. The van der Waals surface area contributed by atoms with E-state index in [-0.39, 0.29) is 10.3 Å². The van der Waals surface area contributed by atoms with Gasteiger partial charge in [-0.3, -0.25) is 4.72 Å². The Balaban J connectivity index is 2.35. The number of sulfonamides is 1. The van der Waals surface area contributed by atoms with Crippen LogP contribution in [0.3, 0.4) is 0 Å². The van der Waals surface area contributed by atoms with Crippen LogP contribution in [0.1, 0.15) is 31.9 Å². The normalized spacial score (nSPS) is 12.2. The molecule has 0 amide bonds. The molecule has 0 bridgehead atoms. The van der Waals surface area contributed by atoms with Crippen LogP contribution in [0.4, 0.5) is 5.69 Å². The smallest absolute Gasteiger partial charge is 0.261 e. The molecule has 2 aromatic carbocycles. The highest BCUT2D eigenvalue weighted by Gasteiger charge is 2.18. The highest BCUT2D eigenvalue weighted by Crippen LogP contribution is 2.31. The molecule has 2 rings (SSSR count). The number of rotatable bonds is 3. The van der Waals surface area contributed by atoms with Crippen LogP contribution in [0.15, 0.2) is 47.4 Å². The van der Waals surface area contributed by atoms with Gasteiger partial charge in [0.2, 0.25) is 0 Å². The van der Waals surface area contributed by atoms with Gasteiger partial charge in [0.1, 0.15) is 0 Å². The SMILES string of the molecule is Cc1cccc(S(=O)(=O)Nc2ccc(C(C)(C)C)cc2Cl)c1. The van der Waals surface area contributed by atoms with Gasteiger partial charge in [-0.25, -0.2) is 8.42 Å². The third-order valence-corrected chi connectivity index (χ3v) is 5.06. The Kier molecular flexibility index (Phi) is 4.54. The minimum Gasteiger partial charge on any atom is -0.278 e. The third-order valence-electron chi connectivity index (χ3n) is 3.38. The van der Waals surface area contributed by atoms with E-state index >= 15 is 0 Å². The summed E-state index contributed by atoms with van der Waals surface area (Å²) in [5.41, 5.74) is 2.28. The molecule has 118 valence electrons. The summed E-state index contributed by atoms with van der Waals surface area (Å²) in [6.07, 6.45) is 0. The van der Waals surface area contributed by atoms with Crippen molar-refractivity contribution < 1.29 is 8.42 Å². The van der Waals surface area contributed by atoms with E-state index in [9.17, 15) is 8.42 Å². The topological polar surface area (TPSA) is 46.2 Å². The van der Waals surface area contributed by atoms with Crippen molar-refractivity contribution in [2.24, 2.45) is 0 Å². The summed E-state index contributed by atoms with van der Waals surface area (Å²) in [5.74, 6) is 0. The summed E-state index contributed by atoms with van der Waals surface area (Å²) in [6.45, 7) is 8.09. The zero-order valence-electron chi connectivity index (χ0n) is 13.1. The van der Waals surface area contributed by atoms with Gasteiger partial charge >= 0.3 is 0 Å². The maximum absolute atomic E-state index is 12.4. The fraction of sp³-hybridized carbons (Fsp3) is 0.294. The molecule has 22 heavy (non-hydrogen) atoms. The average molecular weight is 338 g/mol. The standard InChI is InChI=1S/C17H20ClNO2S/c1-12-6-5-7-14(10-12)22(20,21)19-16-9-8-13(11-15(16)18)17(2,3)4/h5-11,19H,1-4H3. The van der Waals surface area contributed by atoms with Crippen LogP contribution in [0.5, 0.6) is 0 Å². The van der Waals surface area contributed by atoms with Crippen molar-refractivity contribution in [2.45, 2.75) is 38.0 Å². The number of halogens is 1.